The van der Waals surface area contributed by atoms with Crippen LogP contribution in [0.1, 0.15) is 37.1 Å². The summed E-state index contributed by atoms with van der Waals surface area (Å²) in [6.45, 7) is 2.04. The molecule has 0 bridgehead atoms. The molecule has 0 radical (unpaired) electrons. The van der Waals surface area contributed by atoms with E-state index in [1.807, 2.05) is 6.92 Å². The van der Waals surface area contributed by atoms with Crippen LogP contribution in [0.25, 0.3) is 11.1 Å². The number of aromatic nitrogens is 3. The molecule has 1 aromatic carbocycles. The number of hydrogen-bond acceptors (Lipinski definition) is 4. The molecule has 0 spiro atoms. The van der Waals surface area contributed by atoms with Gasteiger partial charge in [-0.15, -0.1) is 0 Å². The summed E-state index contributed by atoms with van der Waals surface area (Å²) < 4.78 is 42.1. The number of hydrogen-bond donors (Lipinski definition) is 3. The van der Waals surface area contributed by atoms with Gasteiger partial charge in [0.1, 0.15) is 11.6 Å². The van der Waals surface area contributed by atoms with Gasteiger partial charge in [-0.25, -0.2) is 23.7 Å². The Bertz CT molecular complexity index is 1280. The van der Waals surface area contributed by atoms with E-state index in [9.17, 15) is 22.8 Å². The molecule has 0 saturated heterocycles. The fraction of sp³-hybridized carbons (Fsp3) is 0.273. The summed E-state index contributed by atoms with van der Waals surface area (Å²) in [6, 6.07) is 3.11. The monoisotopic (exact) mass is 477 g/mol. The molecule has 0 saturated carbocycles. The lowest BCUT2D eigenvalue weighted by molar-refractivity contribution is 0.247. The van der Waals surface area contributed by atoms with E-state index in [4.69, 9.17) is 11.6 Å². The number of nitrogens with one attached hydrogen (secondary N) is 3. The molecule has 2 aromatic heterocycles. The Hall–Kier alpha value is -3.40. The minimum absolute atomic E-state index is 0.106. The second kappa shape index (κ2) is 9.22. The number of anilines is 1. The van der Waals surface area contributed by atoms with E-state index < -0.39 is 29.7 Å². The van der Waals surface area contributed by atoms with Crippen molar-refractivity contribution >= 4 is 23.3 Å². The van der Waals surface area contributed by atoms with Crippen molar-refractivity contribution < 1.29 is 18.0 Å². The zero-order chi connectivity index (χ0) is 23.7. The fourth-order valence-corrected chi connectivity index (χ4v) is 4.17. The highest BCUT2D eigenvalue weighted by Gasteiger charge is 2.26. The van der Waals surface area contributed by atoms with Gasteiger partial charge in [-0.1, -0.05) is 18.5 Å². The average Bonchev–Trinajstić information content (AvgIpc) is 2.90. The Balaban J connectivity index is 1.55. The fourth-order valence-electron chi connectivity index (χ4n) is 3.90. The number of fused-ring (bicyclic) bond motifs is 1. The molecular weight excluding hydrogens is 459 g/mol. The van der Waals surface area contributed by atoms with Crippen molar-refractivity contribution in [2.75, 3.05) is 5.32 Å². The Labute approximate surface area is 191 Å². The highest BCUT2D eigenvalue weighted by atomic mass is 35.5. The predicted octanol–water partition coefficient (Wildman–Crippen LogP) is 4.74. The largest absolute Gasteiger partial charge is 0.329 e. The summed E-state index contributed by atoms with van der Waals surface area (Å²) in [5.41, 5.74) is 0.314. The molecule has 7 nitrogen and oxygen atoms in total. The molecule has 3 N–H and O–H groups in total. The third kappa shape index (κ3) is 5.00. The summed E-state index contributed by atoms with van der Waals surface area (Å²) >= 11 is 6.16. The van der Waals surface area contributed by atoms with Crippen LogP contribution in [0.5, 0.6) is 0 Å². The van der Waals surface area contributed by atoms with Crippen molar-refractivity contribution in [3.05, 3.63) is 74.7 Å². The van der Waals surface area contributed by atoms with E-state index in [2.05, 4.69) is 25.8 Å². The predicted molar refractivity (Wildman–Crippen MR) is 116 cm³/mol. The van der Waals surface area contributed by atoms with Crippen molar-refractivity contribution in [3.8, 4) is 11.1 Å². The van der Waals surface area contributed by atoms with E-state index in [1.165, 1.54) is 6.07 Å². The number of urea groups is 1. The van der Waals surface area contributed by atoms with Crippen molar-refractivity contribution in [2.45, 2.75) is 32.2 Å². The first-order chi connectivity index (χ1) is 15.7. The van der Waals surface area contributed by atoms with Crippen molar-refractivity contribution in [1.29, 1.82) is 0 Å². The number of nitrogens with zero attached hydrogens (tertiary/aromatic N) is 2. The smallest absolute Gasteiger partial charge is 0.319 e. The van der Waals surface area contributed by atoms with E-state index >= 15 is 0 Å². The molecule has 4 rings (SSSR count). The first-order valence-corrected chi connectivity index (χ1v) is 10.6. The zero-order valence-electron chi connectivity index (χ0n) is 17.4. The van der Waals surface area contributed by atoms with Gasteiger partial charge in [-0.2, -0.15) is 9.49 Å². The van der Waals surface area contributed by atoms with Crippen molar-refractivity contribution in [1.82, 2.24) is 20.5 Å². The minimum atomic E-state index is -1.01. The van der Waals surface area contributed by atoms with E-state index in [0.29, 0.717) is 30.7 Å². The highest BCUT2D eigenvalue weighted by Crippen LogP contribution is 2.34. The van der Waals surface area contributed by atoms with Gasteiger partial charge in [0.15, 0.2) is 0 Å². The van der Waals surface area contributed by atoms with Gasteiger partial charge in [-0.05, 0) is 48.9 Å². The topological polar surface area (TPSA) is 99.8 Å². The molecule has 33 heavy (non-hydrogen) atoms. The Morgan fingerprint density at radius 3 is 2.73 bits per heavy atom. The van der Waals surface area contributed by atoms with Crippen LogP contribution in [0.2, 0.25) is 5.02 Å². The molecule has 2 atom stereocenters. The summed E-state index contributed by atoms with van der Waals surface area (Å²) in [4.78, 5) is 27.5. The van der Waals surface area contributed by atoms with Gasteiger partial charge in [0.05, 0.1) is 28.6 Å². The van der Waals surface area contributed by atoms with Crippen LogP contribution in [0, 0.1) is 23.5 Å². The molecule has 3 aromatic rings. The Kier molecular flexibility index (Phi) is 6.37. The van der Waals surface area contributed by atoms with Gasteiger partial charge in [0, 0.05) is 17.2 Å². The standard InChI is InChI=1S/C22H19ClF3N5O2/c1-10-2-3-17(20-11(4-10)5-19(32)30-31-20)28-22(33)29-18-8-15(23)13(7-16(18)25)14-6-12(24)9-27-21(14)26/h5-10,17H,2-4H2,1H3,(H,30,32)(H2,28,29,33)/t10-,17+/m0/s1. The lowest BCUT2D eigenvalue weighted by Crippen LogP contribution is -2.34. The number of aromatic amines is 1. The number of carbonyl (C=O) groups is 1. The van der Waals surface area contributed by atoms with Crippen molar-refractivity contribution in [2.24, 2.45) is 5.92 Å². The molecule has 1 aliphatic rings. The number of rotatable bonds is 3. The number of amides is 2. The third-order valence-corrected chi connectivity index (χ3v) is 5.79. The molecule has 0 fully saturated rings. The van der Waals surface area contributed by atoms with E-state index in [1.54, 1.807) is 0 Å². The molecule has 11 heteroatoms. The second-order valence-corrected chi connectivity index (χ2v) is 8.39. The molecule has 172 valence electrons. The number of benzene rings is 1. The van der Waals surface area contributed by atoms with Crippen LogP contribution in [-0.2, 0) is 6.42 Å². The summed E-state index contributed by atoms with van der Waals surface area (Å²) in [7, 11) is 0. The molecular formula is C22H19ClF3N5O2. The molecule has 1 aliphatic carbocycles. The highest BCUT2D eigenvalue weighted by molar-refractivity contribution is 6.33. The second-order valence-electron chi connectivity index (χ2n) is 7.98. The van der Waals surface area contributed by atoms with Gasteiger partial charge in [0.2, 0.25) is 5.95 Å². The lowest BCUT2D eigenvalue weighted by Gasteiger charge is -2.19. The van der Waals surface area contributed by atoms with Crippen LogP contribution in [0.15, 0.2) is 35.3 Å². The number of halogens is 4. The summed E-state index contributed by atoms with van der Waals surface area (Å²) in [6.07, 6.45) is 2.72. The van der Waals surface area contributed by atoms with Crippen LogP contribution < -0.4 is 16.2 Å². The summed E-state index contributed by atoms with van der Waals surface area (Å²) in [5.74, 6) is -2.42. The quantitative estimate of drug-likeness (QED) is 0.375. The van der Waals surface area contributed by atoms with Crippen LogP contribution in [0.4, 0.5) is 23.7 Å². The van der Waals surface area contributed by atoms with Gasteiger partial charge in [0.25, 0.3) is 5.56 Å². The summed E-state index contributed by atoms with van der Waals surface area (Å²) in [5, 5.41) is 11.5. The average molecular weight is 478 g/mol. The maximum atomic E-state index is 14.7. The molecule has 2 heterocycles. The van der Waals surface area contributed by atoms with Gasteiger partial charge < -0.3 is 10.6 Å². The zero-order valence-corrected chi connectivity index (χ0v) is 18.1. The number of H-pyrrole nitrogens is 1. The van der Waals surface area contributed by atoms with E-state index in [0.717, 1.165) is 30.2 Å². The first kappa shape index (κ1) is 22.8. The Morgan fingerprint density at radius 1 is 1.15 bits per heavy atom. The Morgan fingerprint density at radius 2 is 1.94 bits per heavy atom. The number of pyridine rings is 1. The van der Waals surface area contributed by atoms with Gasteiger partial charge >= 0.3 is 6.03 Å². The maximum Gasteiger partial charge on any atom is 0.319 e. The van der Waals surface area contributed by atoms with Crippen LogP contribution in [0.3, 0.4) is 0 Å². The molecule has 0 unspecified atom stereocenters. The minimum Gasteiger partial charge on any atom is -0.329 e. The van der Waals surface area contributed by atoms with Crippen LogP contribution >= 0.6 is 11.6 Å². The normalized spacial score (nSPS) is 17.7. The lowest BCUT2D eigenvalue weighted by atomic mass is 10.0. The molecule has 2 amide bonds. The third-order valence-electron chi connectivity index (χ3n) is 5.47. The first-order valence-electron chi connectivity index (χ1n) is 10.2. The SMILES string of the molecule is C[C@H]1CC[C@@H](NC(=O)Nc2cc(Cl)c(-c3cc(F)cnc3F)cc2F)c2n[nH]c(=O)cc2C1. The van der Waals surface area contributed by atoms with Crippen LogP contribution in [-0.4, -0.2) is 21.2 Å². The molecule has 0 aliphatic heterocycles. The maximum absolute atomic E-state index is 14.7. The number of carbonyl (C=O) groups excluding carboxylic acids is 1. The van der Waals surface area contributed by atoms with Crippen molar-refractivity contribution in [3.63, 3.8) is 0 Å². The van der Waals surface area contributed by atoms with E-state index in [-0.39, 0.29) is 27.4 Å². The van der Waals surface area contributed by atoms with Gasteiger partial charge in [-0.3, -0.25) is 4.79 Å².